The highest BCUT2D eigenvalue weighted by molar-refractivity contribution is 6.04. The van der Waals surface area contributed by atoms with Crippen molar-refractivity contribution in [1.82, 2.24) is 9.55 Å². The van der Waals surface area contributed by atoms with Gasteiger partial charge in [-0.25, -0.2) is 4.99 Å². The van der Waals surface area contributed by atoms with Crippen LogP contribution in [0.15, 0.2) is 64.5 Å². The predicted octanol–water partition coefficient (Wildman–Crippen LogP) is 4.87. The lowest BCUT2D eigenvalue weighted by atomic mass is 9.92. The molecule has 1 unspecified atom stereocenters. The number of carbonyl (C=O) groups excluding carboxylic acids is 1. The third-order valence-corrected chi connectivity index (χ3v) is 7.13. The zero-order chi connectivity index (χ0) is 26.4. The maximum absolute atomic E-state index is 14.3. The summed E-state index contributed by atoms with van der Waals surface area (Å²) in [7, 11) is 0. The van der Waals surface area contributed by atoms with Gasteiger partial charge in [-0.3, -0.25) is 19.1 Å². The second-order valence-electron chi connectivity index (χ2n) is 9.46. The Hall–Kier alpha value is -4.05. The van der Waals surface area contributed by atoms with Crippen LogP contribution in [0.25, 0.3) is 27.5 Å². The number of hydrogen-bond acceptors (Lipinski definition) is 5. The van der Waals surface area contributed by atoms with Crippen molar-refractivity contribution in [1.29, 1.82) is 0 Å². The molecule has 0 radical (unpaired) electrons. The molecule has 4 aromatic rings. The first kappa shape index (κ1) is 24.3. The van der Waals surface area contributed by atoms with E-state index in [-0.39, 0.29) is 23.2 Å². The van der Waals surface area contributed by atoms with E-state index in [1.54, 1.807) is 29.4 Å². The minimum absolute atomic E-state index is 0.0674. The summed E-state index contributed by atoms with van der Waals surface area (Å²) in [6, 6.07) is 12.6. The topological polar surface area (TPSA) is 76.8 Å². The molecule has 0 N–H and O–H groups in total. The Morgan fingerprint density at radius 1 is 0.974 bits per heavy atom. The van der Waals surface area contributed by atoms with E-state index in [4.69, 9.17) is 4.74 Å². The van der Waals surface area contributed by atoms with Crippen LogP contribution in [0.2, 0.25) is 0 Å². The molecule has 1 saturated heterocycles. The summed E-state index contributed by atoms with van der Waals surface area (Å²) in [5, 5.41) is 1.25. The molecular formula is C28H23F3N4O3. The Balaban J connectivity index is 1.57. The van der Waals surface area contributed by atoms with Gasteiger partial charge in [0.1, 0.15) is 0 Å². The van der Waals surface area contributed by atoms with Crippen molar-refractivity contribution in [3.8, 4) is 5.69 Å². The fraction of sp³-hybridized carbons (Fsp3) is 0.286. The highest BCUT2D eigenvalue weighted by Crippen LogP contribution is 2.39. The van der Waals surface area contributed by atoms with Crippen LogP contribution in [0.1, 0.15) is 29.9 Å². The summed E-state index contributed by atoms with van der Waals surface area (Å²) in [6.07, 6.45) is -0.435. The van der Waals surface area contributed by atoms with Crippen LogP contribution < -0.4 is 10.5 Å². The maximum atomic E-state index is 14.3. The number of ether oxygens (including phenoxy) is 1. The van der Waals surface area contributed by atoms with Gasteiger partial charge in [0.25, 0.3) is 5.56 Å². The number of aromatic nitrogens is 2. The molecule has 1 atom stereocenters. The molecule has 10 heteroatoms. The molecule has 6 rings (SSSR count). The lowest BCUT2D eigenvalue weighted by molar-refractivity contribution is -0.137. The fourth-order valence-corrected chi connectivity index (χ4v) is 5.23. The summed E-state index contributed by atoms with van der Waals surface area (Å²) in [5.74, 6) is -0.245. The molecule has 2 aliphatic heterocycles. The van der Waals surface area contributed by atoms with Crippen LogP contribution >= 0.6 is 0 Å². The fourth-order valence-electron chi connectivity index (χ4n) is 5.23. The van der Waals surface area contributed by atoms with Gasteiger partial charge in [0.2, 0.25) is 5.91 Å². The maximum Gasteiger partial charge on any atom is 0.418 e. The molecule has 194 valence electrons. The molecule has 0 spiro atoms. The van der Waals surface area contributed by atoms with Gasteiger partial charge in [-0.15, -0.1) is 0 Å². The molecule has 4 heterocycles. The van der Waals surface area contributed by atoms with E-state index in [9.17, 15) is 22.8 Å². The molecule has 2 aromatic carbocycles. The Kier molecular flexibility index (Phi) is 5.98. The number of amides is 1. The smallest absolute Gasteiger partial charge is 0.378 e. The summed E-state index contributed by atoms with van der Waals surface area (Å²) >= 11 is 0. The van der Waals surface area contributed by atoms with Crippen LogP contribution in [0.5, 0.6) is 0 Å². The first-order valence-corrected chi connectivity index (χ1v) is 12.4. The molecule has 0 saturated carbocycles. The average molecular weight is 521 g/mol. The van der Waals surface area contributed by atoms with Crippen LogP contribution in [-0.4, -0.2) is 48.0 Å². The summed E-state index contributed by atoms with van der Waals surface area (Å²) in [6.45, 7) is 1.41. The van der Waals surface area contributed by atoms with Crippen LogP contribution in [0, 0.1) is 0 Å². The highest BCUT2D eigenvalue weighted by Gasteiger charge is 2.36. The number of halogens is 3. The largest absolute Gasteiger partial charge is 0.418 e. The predicted molar refractivity (Wildman–Crippen MR) is 138 cm³/mol. The SMILES string of the molecule is O=C1CCC(c2ccc3ncc4ccc(=O)n(-c5ccc(N6CCOCC6)c(C(F)(F)F)c5)c4c3c2)C=N1. The van der Waals surface area contributed by atoms with Crippen LogP contribution in [0.4, 0.5) is 18.9 Å². The first-order chi connectivity index (χ1) is 18.3. The van der Waals surface area contributed by atoms with Gasteiger partial charge in [-0.05, 0) is 48.4 Å². The van der Waals surface area contributed by atoms with E-state index in [2.05, 4.69) is 9.98 Å². The van der Waals surface area contributed by atoms with Gasteiger partial charge < -0.3 is 9.64 Å². The van der Waals surface area contributed by atoms with Crippen molar-refractivity contribution in [2.24, 2.45) is 4.99 Å². The molecular weight excluding hydrogens is 497 g/mol. The van der Waals surface area contributed by atoms with Crippen LogP contribution in [0.3, 0.4) is 0 Å². The lowest BCUT2D eigenvalue weighted by Gasteiger charge is -2.31. The van der Waals surface area contributed by atoms with Gasteiger partial charge in [-0.2, -0.15) is 13.2 Å². The number of anilines is 1. The summed E-state index contributed by atoms with van der Waals surface area (Å²) < 4.78 is 49.4. The zero-order valence-electron chi connectivity index (χ0n) is 20.2. The van der Waals surface area contributed by atoms with E-state index in [1.807, 2.05) is 18.2 Å². The molecule has 0 aliphatic carbocycles. The minimum atomic E-state index is -4.62. The number of fused-ring (bicyclic) bond motifs is 3. The third-order valence-electron chi connectivity index (χ3n) is 7.13. The van der Waals surface area contributed by atoms with Crippen molar-refractivity contribution in [2.75, 3.05) is 31.2 Å². The van der Waals surface area contributed by atoms with Crippen LogP contribution in [-0.2, 0) is 15.7 Å². The third kappa shape index (κ3) is 4.34. The number of nitrogens with zero attached hydrogens (tertiary/aromatic N) is 4. The van der Waals surface area contributed by atoms with Gasteiger partial charge >= 0.3 is 6.18 Å². The first-order valence-electron chi connectivity index (χ1n) is 12.4. The monoisotopic (exact) mass is 520 g/mol. The summed E-state index contributed by atoms with van der Waals surface area (Å²) in [4.78, 5) is 34.9. The quantitative estimate of drug-likeness (QED) is 0.361. The van der Waals surface area contributed by atoms with Gasteiger partial charge in [0.15, 0.2) is 0 Å². The Labute approximate surface area is 215 Å². The number of alkyl halides is 3. The number of hydrogen-bond donors (Lipinski definition) is 0. The van der Waals surface area contributed by atoms with E-state index in [0.29, 0.717) is 61.0 Å². The molecule has 0 bridgehead atoms. The summed E-state index contributed by atoms with van der Waals surface area (Å²) in [5.41, 5.74) is 0.899. The molecule has 7 nitrogen and oxygen atoms in total. The number of aliphatic imine (C=N–C) groups is 1. The zero-order valence-corrected chi connectivity index (χ0v) is 20.2. The second kappa shape index (κ2) is 9.36. The van der Waals surface area contributed by atoms with Crippen molar-refractivity contribution in [3.63, 3.8) is 0 Å². The number of carbonyl (C=O) groups is 1. The van der Waals surface area contributed by atoms with E-state index >= 15 is 0 Å². The normalized spacial score (nSPS) is 18.4. The standard InChI is InChI=1S/C28H23F3N4O3/c29-28(30,31)22-14-20(4-6-24(22)34-9-11-38-12-10-34)35-26(37)8-3-19-16-32-23-5-1-17(13-21(23)27(19)35)18-2-7-25(36)33-15-18/h1,3-6,8,13-16,18H,2,7,9-12H2. The van der Waals surface area contributed by atoms with E-state index in [0.717, 1.165) is 11.6 Å². The van der Waals surface area contributed by atoms with Crippen molar-refractivity contribution >= 4 is 39.6 Å². The number of rotatable bonds is 3. The van der Waals surface area contributed by atoms with Crippen molar-refractivity contribution in [2.45, 2.75) is 24.9 Å². The second-order valence-corrected chi connectivity index (χ2v) is 9.46. The number of morpholine rings is 1. The molecule has 1 fully saturated rings. The Bertz CT molecular complexity index is 1660. The van der Waals surface area contributed by atoms with Crippen molar-refractivity contribution < 1.29 is 22.7 Å². The lowest BCUT2D eigenvalue weighted by Crippen LogP contribution is -2.37. The van der Waals surface area contributed by atoms with Gasteiger partial charge in [0, 0.05) is 60.4 Å². The Morgan fingerprint density at radius 3 is 2.53 bits per heavy atom. The highest BCUT2D eigenvalue weighted by atomic mass is 19.4. The van der Waals surface area contributed by atoms with E-state index in [1.165, 1.54) is 16.7 Å². The number of benzene rings is 2. The molecule has 2 aliphatic rings. The minimum Gasteiger partial charge on any atom is -0.378 e. The Morgan fingerprint density at radius 2 is 1.79 bits per heavy atom. The van der Waals surface area contributed by atoms with E-state index < -0.39 is 17.3 Å². The molecule has 2 aromatic heterocycles. The molecule has 1 amide bonds. The van der Waals surface area contributed by atoms with Crippen molar-refractivity contribution in [3.05, 3.63) is 76.2 Å². The molecule has 38 heavy (non-hydrogen) atoms. The average Bonchev–Trinajstić information content (AvgIpc) is 2.93. The number of pyridine rings is 2. The van der Waals surface area contributed by atoms with Gasteiger partial charge in [0.05, 0.1) is 35.5 Å². The van der Waals surface area contributed by atoms with Gasteiger partial charge in [-0.1, -0.05) is 6.07 Å².